The molecule has 2 atom stereocenters. The molecule has 1 N–H and O–H groups in total. The fourth-order valence-corrected chi connectivity index (χ4v) is 5.28. The third-order valence-electron chi connectivity index (χ3n) is 5.13. The third kappa shape index (κ3) is 6.40. The van der Waals surface area contributed by atoms with Crippen LogP contribution in [0.3, 0.4) is 0 Å². The second kappa shape index (κ2) is 10.9. The lowest BCUT2D eigenvalue weighted by Gasteiger charge is -2.37. The van der Waals surface area contributed by atoms with Gasteiger partial charge in [0.1, 0.15) is 0 Å². The first-order chi connectivity index (χ1) is 14.9. The van der Waals surface area contributed by atoms with E-state index in [0.29, 0.717) is 46.2 Å². The Morgan fingerprint density at radius 2 is 1.81 bits per heavy atom. The Labute approximate surface area is 193 Å². The van der Waals surface area contributed by atoms with Crippen molar-refractivity contribution in [3.63, 3.8) is 0 Å². The largest absolute Gasteiger partial charge is 0.462 e. The first-order valence-corrected chi connectivity index (χ1v) is 11.9. The minimum Gasteiger partial charge on any atom is -0.462 e. The molecule has 2 aromatic carbocycles. The number of halogens is 1. The molecule has 0 aromatic heterocycles. The molecule has 166 valence electrons. The number of anilines is 1. The summed E-state index contributed by atoms with van der Waals surface area (Å²) in [6.45, 7) is 8.88. The molecule has 3 rings (SSSR count). The topological polar surface area (TPSA) is 58.6 Å². The van der Waals surface area contributed by atoms with Crippen LogP contribution in [0.5, 0.6) is 0 Å². The maximum Gasteiger partial charge on any atom is 0.338 e. The summed E-state index contributed by atoms with van der Waals surface area (Å²) in [5.41, 5.74) is 3.10. The minimum absolute atomic E-state index is 0.126. The summed E-state index contributed by atoms with van der Waals surface area (Å²) in [7, 11) is 0. The summed E-state index contributed by atoms with van der Waals surface area (Å²) in [6, 6.07) is 12.8. The van der Waals surface area contributed by atoms with E-state index in [1.165, 1.54) is 0 Å². The molecule has 1 amide bonds. The maximum absolute atomic E-state index is 13.0. The smallest absolute Gasteiger partial charge is 0.338 e. The minimum atomic E-state index is -0.324. The molecule has 5 nitrogen and oxygen atoms in total. The molecular formula is C24H29ClN2O3S. The van der Waals surface area contributed by atoms with Gasteiger partial charge in [-0.15, -0.1) is 0 Å². The van der Waals surface area contributed by atoms with Gasteiger partial charge in [0.2, 0.25) is 0 Å². The second-order valence-corrected chi connectivity index (χ2v) is 10.1. The Hall–Kier alpha value is -2.18. The number of rotatable bonds is 7. The fourth-order valence-electron chi connectivity index (χ4n) is 3.78. The standard InChI is InChI=1S/C24H29ClN2O3S/c1-4-30-24(29)19-7-5-18(6-8-19)11-12-26-23(28)21-13-20(25)9-10-22(21)27-14-16(2)31-17(3)15-27/h5-10,13,16-17H,4,11-12,14-15H2,1-3H3,(H,26,28). The molecule has 0 radical (unpaired) electrons. The number of benzene rings is 2. The molecule has 1 aliphatic rings. The van der Waals surface area contributed by atoms with Gasteiger partial charge in [-0.25, -0.2) is 4.79 Å². The van der Waals surface area contributed by atoms with Crippen molar-refractivity contribution in [2.24, 2.45) is 0 Å². The third-order valence-corrected chi connectivity index (χ3v) is 6.59. The van der Waals surface area contributed by atoms with Gasteiger partial charge in [0.15, 0.2) is 0 Å². The van der Waals surface area contributed by atoms with E-state index >= 15 is 0 Å². The van der Waals surface area contributed by atoms with Gasteiger partial charge >= 0.3 is 5.97 Å². The van der Waals surface area contributed by atoms with E-state index in [1.807, 2.05) is 36.0 Å². The fraction of sp³-hybridized carbons (Fsp3) is 0.417. The van der Waals surface area contributed by atoms with Crippen LogP contribution in [0, 0.1) is 0 Å². The summed E-state index contributed by atoms with van der Waals surface area (Å²) in [6.07, 6.45) is 0.666. The van der Waals surface area contributed by atoms with E-state index < -0.39 is 0 Å². The highest BCUT2D eigenvalue weighted by atomic mass is 35.5. The van der Waals surface area contributed by atoms with Crippen molar-refractivity contribution in [3.8, 4) is 0 Å². The number of hydrogen-bond acceptors (Lipinski definition) is 5. The average molecular weight is 461 g/mol. The summed E-state index contributed by atoms with van der Waals surface area (Å²) in [5.74, 6) is -0.449. The molecule has 1 saturated heterocycles. The highest BCUT2D eigenvalue weighted by Gasteiger charge is 2.25. The Balaban J connectivity index is 1.63. The second-order valence-electron chi connectivity index (χ2n) is 7.75. The van der Waals surface area contributed by atoms with Gasteiger partial charge in [0.05, 0.1) is 17.7 Å². The van der Waals surface area contributed by atoms with Crippen LogP contribution in [0.25, 0.3) is 0 Å². The van der Waals surface area contributed by atoms with E-state index in [-0.39, 0.29) is 11.9 Å². The van der Waals surface area contributed by atoms with Gasteiger partial charge in [-0.3, -0.25) is 4.79 Å². The van der Waals surface area contributed by atoms with E-state index in [1.54, 1.807) is 25.1 Å². The van der Waals surface area contributed by atoms with Crippen LogP contribution in [0.2, 0.25) is 5.02 Å². The monoisotopic (exact) mass is 460 g/mol. The van der Waals surface area contributed by atoms with Crippen molar-refractivity contribution in [1.29, 1.82) is 0 Å². The number of ether oxygens (including phenoxy) is 1. The Kier molecular flexibility index (Phi) is 8.27. The normalized spacial score (nSPS) is 18.5. The molecule has 7 heteroatoms. The number of thioether (sulfide) groups is 1. The number of esters is 1. The van der Waals surface area contributed by atoms with Gasteiger partial charge in [0.25, 0.3) is 5.91 Å². The molecule has 0 aliphatic carbocycles. The number of amides is 1. The van der Waals surface area contributed by atoms with E-state index in [0.717, 1.165) is 24.3 Å². The number of carbonyl (C=O) groups excluding carboxylic acids is 2. The lowest BCUT2D eigenvalue weighted by Crippen LogP contribution is -2.41. The zero-order valence-corrected chi connectivity index (χ0v) is 19.8. The molecule has 2 aromatic rings. The van der Waals surface area contributed by atoms with Crippen LogP contribution in [-0.2, 0) is 11.2 Å². The first-order valence-electron chi connectivity index (χ1n) is 10.6. The molecule has 1 fully saturated rings. The van der Waals surface area contributed by atoms with Crippen LogP contribution in [0.4, 0.5) is 5.69 Å². The SMILES string of the molecule is CCOC(=O)c1ccc(CCNC(=O)c2cc(Cl)ccc2N2CC(C)SC(C)C2)cc1. The Morgan fingerprint density at radius 1 is 1.13 bits per heavy atom. The average Bonchev–Trinajstić information content (AvgIpc) is 2.73. The van der Waals surface area contributed by atoms with E-state index in [2.05, 4.69) is 24.1 Å². The maximum atomic E-state index is 13.0. The molecule has 31 heavy (non-hydrogen) atoms. The van der Waals surface area contributed by atoms with Crippen molar-refractivity contribution in [3.05, 3.63) is 64.2 Å². The van der Waals surface area contributed by atoms with Crippen molar-refractivity contribution < 1.29 is 14.3 Å². The van der Waals surface area contributed by atoms with Gasteiger partial charge in [-0.1, -0.05) is 37.6 Å². The van der Waals surface area contributed by atoms with Crippen molar-refractivity contribution in [2.75, 3.05) is 31.1 Å². The predicted molar refractivity (Wildman–Crippen MR) is 129 cm³/mol. The summed E-state index contributed by atoms with van der Waals surface area (Å²) >= 11 is 8.19. The molecule has 1 heterocycles. The predicted octanol–water partition coefficient (Wildman–Crippen LogP) is 4.82. The summed E-state index contributed by atoms with van der Waals surface area (Å²) < 4.78 is 5.00. The van der Waals surface area contributed by atoms with Gasteiger partial charge in [-0.05, 0) is 49.2 Å². The highest BCUT2D eigenvalue weighted by molar-refractivity contribution is 8.00. The van der Waals surface area contributed by atoms with Crippen molar-refractivity contribution in [1.82, 2.24) is 5.32 Å². The van der Waals surface area contributed by atoms with Gasteiger partial charge in [0, 0.05) is 40.8 Å². The Bertz CT molecular complexity index is 910. The first kappa shape index (κ1) is 23.5. The Morgan fingerprint density at radius 3 is 2.45 bits per heavy atom. The molecule has 0 saturated carbocycles. The van der Waals surface area contributed by atoms with Gasteiger partial charge < -0.3 is 15.0 Å². The zero-order chi connectivity index (χ0) is 22.4. The van der Waals surface area contributed by atoms with Crippen LogP contribution in [-0.4, -0.2) is 48.6 Å². The van der Waals surface area contributed by atoms with Crippen LogP contribution >= 0.6 is 23.4 Å². The summed E-state index contributed by atoms with van der Waals surface area (Å²) in [4.78, 5) is 27.0. The molecule has 0 bridgehead atoms. The molecule has 0 spiro atoms. The quantitative estimate of drug-likeness (QED) is 0.600. The van der Waals surface area contributed by atoms with E-state index in [9.17, 15) is 9.59 Å². The number of carbonyl (C=O) groups is 2. The number of hydrogen-bond donors (Lipinski definition) is 1. The van der Waals surface area contributed by atoms with Crippen LogP contribution in [0.1, 0.15) is 47.1 Å². The van der Waals surface area contributed by atoms with Crippen LogP contribution in [0.15, 0.2) is 42.5 Å². The molecular weight excluding hydrogens is 432 g/mol. The van der Waals surface area contributed by atoms with Gasteiger partial charge in [-0.2, -0.15) is 11.8 Å². The van der Waals surface area contributed by atoms with Crippen molar-refractivity contribution in [2.45, 2.75) is 37.7 Å². The van der Waals surface area contributed by atoms with Crippen molar-refractivity contribution >= 4 is 40.9 Å². The lowest BCUT2D eigenvalue weighted by atomic mass is 10.1. The molecule has 1 aliphatic heterocycles. The lowest BCUT2D eigenvalue weighted by molar-refractivity contribution is 0.0526. The number of nitrogens with zero attached hydrogens (tertiary/aromatic N) is 1. The highest BCUT2D eigenvalue weighted by Crippen LogP contribution is 2.31. The molecule has 2 unspecified atom stereocenters. The summed E-state index contributed by atoms with van der Waals surface area (Å²) in [5, 5.41) is 4.58. The van der Waals surface area contributed by atoms with E-state index in [4.69, 9.17) is 16.3 Å². The number of nitrogens with one attached hydrogen (secondary N) is 1. The zero-order valence-electron chi connectivity index (χ0n) is 18.2. The van der Waals surface area contributed by atoms with Crippen LogP contribution < -0.4 is 10.2 Å².